The maximum atomic E-state index is 9.20. The Hall–Kier alpha value is -0.480. The monoisotopic (exact) mass is 277 g/mol. The fourth-order valence-corrected chi connectivity index (χ4v) is 1.97. The molecular weight excluding hydrogens is 261 g/mol. The van der Waals surface area contributed by atoms with E-state index in [2.05, 4.69) is 0 Å². The van der Waals surface area contributed by atoms with Gasteiger partial charge in [0, 0.05) is 13.1 Å². The molecule has 0 aliphatic heterocycles. The molecule has 0 fully saturated rings. The van der Waals surface area contributed by atoms with Crippen molar-refractivity contribution in [2.24, 2.45) is 0 Å². The van der Waals surface area contributed by atoms with Crippen molar-refractivity contribution in [3.05, 3.63) is 28.2 Å². The van der Waals surface area contributed by atoms with Crippen LogP contribution in [0.5, 0.6) is 5.75 Å². The Bertz CT molecular complexity index is 338. The summed E-state index contributed by atoms with van der Waals surface area (Å²) in [6.45, 7) is 3.54. The predicted octanol–water partition coefficient (Wildman–Crippen LogP) is 2.68. The van der Waals surface area contributed by atoms with E-state index in [1.807, 2.05) is 11.9 Å². The van der Waals surface area contributed by atoms with E-state index in [0.717, 1.165) is 0 Å². The molecule has 0 bridgehead atoms. The SMILES string of the molecule is CC(O)CN(C)CCOc1c(Cl)cccc1Cl. The van der Waals surface area contributed by atoms with Gasteiger partial charge in [0.05, 0.1) is 16.1 Å². The average molecular weight is 278 g/mol. The standard InChI is InChI=1S/C12H17Cl2NO2/c1-9(16)8-15(2)6-7-17-12-10(13)4-3-5-11(12)14/h3-5,9,16H,6-8H2,1-2H3. The van der Waals surface area contributed by atoms with Gasteiger partial charge in [0.2, 0.25) is 0 Å². The summed E-state index contributed by atoms with van der Waals surface area (Å²) in [5, 5.41) is 10.2. The van der Waals surface area contributed by atoms with Gasteiger partial charge in [0.25, 0.3) is 0 Å². The minimum absolute atomic E-state index is 0.344. The number of halogens is 2. The van der Waals surface area contributed by atoms with Crippen LogP contribution < -0.4 is 4.74 Å². The summed E-state index contributed by atoms with van der Waals surface area (Å²) in [7, 11) is 1.92. The van der Waals surface area contributed by atoms with Gasteiger partial charge < -0.3 is 14.7 Å². The number of aliphatic hydroxyl groups excluding tert-OH is 1. The first-order valence-corrected chi connectivity index (χ1v) is 6.19. The minimum Gasteiger partial charge on any atom is -0.489 e. The number of likely N-dealkylation sites (N-methyl/N-ethyl adjacent to an activating group) is 1. The molecule has 0 spiro atoms. The van der Waals surface area contributed by atoms with Crippen LogP contribution in [0.15, 0.2) is 18.2 Å². The van der Waals surface area contributed by atoms with Gasteiger partial charge in [-0.25, -0.2) is 0 Å². The van der Waals surface area contributed by atoms with E-state index in [0.29, 0.717) is 35.5 Å². The maximum absolute atomic E-state index is 9.20. The smallest absolute Gasteiger partial charge is 0.156 e. The Kier molecular flexibility index (Phi) is 6.06. The normalized spacial score (nSPS) is 12.8. The lowest BCUT2D eigenvalue weighted by atomic mass is 10.3. The molecule has 96 valence electrons. The summed E-state index contributed by atoms with van der Waals surface area (Å²) >= 11 is 11.9. The largest absolute Gasteiger partial charge is 0.489 e. The third kappa shape index (κ3) is 5.13. The van der Waals surface area contributed by atoms with Crippen LogP contribution >= 0.6 is 23.2 Å². The molecule has 17 heavy (non-hydrogen) atoms. The Labute approximate surface area is 112 Å². The topological polar surface area (TPSA) is 32.7 Å². The van der Waals surface area contributed by atoms with Crippen LogP contribution in [-0.4, -0.2) is 42.9 Å². The third-order valence-electron chi connectivity index (χ3n) is 2.21. The number of benzene rings is 1. The maximum Gasteiger partial charge on any atom is 0.156 e. The number of aliphatic hydroxyl groups is 1. The number of hydrogen-bond acceptors (Lipinski definition) is 3. The average Bonchev–Trinajstić information content (AvgIpc) is 2.21. The number of nitrogens with zero attached hydrogens (tertiary/aromatic N) is 1. The van der Waals surface area contributed by atoms with E-state index in [-0.39, 0.29) is 6.10 Å². The zero-order valence-corrected chi connectivity index (χ0v) is 11.5. The molecule has 0 aliphatic rings. The second kappa shape index (κ2) is 7.07. The Morgan fingerprint density at radius 1 is 1.35 bits per heavy atom. The molecule has 1 aromatic carbocycles. The predicted molar refractivity (Wildman–Crippen MR) is 71.1 cm³/mol. The summed E-state index contributed by atoms with van der Waals surface area (Å²) in [5.41, 5.74) is 0. The van der Waals surface area contributed by atoms with Gasteiger partial charge in [-0.1, -0.05) is 29.3 Å². The quantitative estimate of drug-likeness (QED) is 0.868. The molecule has 0 heterocycles. The van der Waals surface area contributed by atoms with E-state index < -0.39 is 0 Å². The van der Waals surface area contributed by atoms with Crippen molar-refractivity contribution in [1.29, 1.82) is 0 Å². The highest BCUT2D eigenvalue weighted by molar-refractivity contribution is 6.37. The van der Waals surface area contributed by atoms with Crippen molar-refractivity contribution in [2.45, 2.75) is 13.0 Å². The van der Waals surface area contributed by atoms with Gasteiger partial charge in [-0.3, -0.25) is 0 Å². The second-order valence-corrected chi connectivity index (χ2v) is 4.82. The molecule has 1 atom stereocenters. The lowest BCUT2D eigenvalue weighted by molar-refractivity contribution is 0.131. The van der Waals surface area contributed by atoms with Crippen LogP contribution in [0.1, 0.15) is 6.92 Å². The zero-order chi connectivity index (χ0) is 12.8. The van der Waals surface area contributed by atoms with Crippen LogP contribution in [-0.2, 0) is 0 Å². The molecule has 0 saturated heterocycles. The first-order valence-electron chi connectivity index (χ1n) is 5.44. The summed E-state index contributed by atoms with van der Waals surface area (Å²) in [5.74, 6) is 0.515. The molecule has 3 nitrogen and oxygen atoms in total. The van der Waals surface area contributed by atoms with Gasteiger partial charge >= 0.3 is 0 Å². The second-order valence-electron chi connectivity index (χ2n) is 4.01. The molecular formula is C12H17Cl2NO2. The van der Waals surface area contributed by atoms with E-state index in [1.165, 1.54) is 0 Å². The van der Waals surface area contributed by atoms with Gasteiger partial charge in [-0.2, -0.15) is 0 Å². The fourth-order valence-electron chi connectivity index (χ4n) is 1.47. The molecule has 1 rings (SSSR count). The van der Waals surface area contributed by atoms with Crippen LogP contribution in [0.25, 0.3) is 0 Å². The van der Waals surface area contributed by atoms with Crippen molar-refractivity contribution in [3.63, 3.8) is 0 Å². The fraction of sp³-hybridized carbons (Fsp3) is 0.500. The van der Waals surface area contributed by atoms with Crippen molar-refractivity contribution in [2.75, 3.05) is 26.7 Å². The van der Waals surface area contributed by atoms with E-state index >= 15 is 0 Å². The number of rotatable bonds is 6. The van der Waals surface area contributed by atoms with Crippen molar-refractivity contribution < 1.29 is 9.84 Å². The minimum atomic E-state index is -0.344. The van der Waals surface area contributed by atoms with E-state index in [1.54, 1.807) is 25.1 Å². The highest BCUT2D eigenvalue weighted by Gasteiger charge is 2.07. The Morgan fingerprint density at radius 3 is 2.47 bits per heavy atom. The molecule has 1 N–H and O–H groups in total. The number of hydrogen-bond donors (Lipinski definition) is 1. The van der Waals surface area contributed by atoms with E-state index in [4.69, 9.17) is 27.9 Å². The van der Waals surface area contributed by atoms with Crippen molar-refractivity contribution in [3.8, 4) is 5.75 Å². The van der Waals surface area contributed by atoms with Gasteiger partial charge in [0.1, 0.15) is 6.61 Å². The highest BCUT2D eigenvalue weighted by Crippen LogP contribution is 2.32. The summed E-state index contributed by atoms with van der Waals surface area (Å²) in [6, 6.07) is 5.25. The van der Waals surface area contributed by atoms with Crippen molar-refractivity contribution in [1.82, 2.24) is 4.90 Å². The van der Waals surface area contributed by atoms with Crippen LogP contribution in [0.3, 0.4) is 0 Å². The Morgan fingerprint density at radius 2 is 1.94 bits per heavy atom. The summed E-state index contributed by atoms with van der Waals surface area (Å²) in [6.07, 6.45) is -0.344. The van der Waals surface area contributed by atoms with Crippen molar-refractivity contribution >= 4 is 23.2 Å². The lowest BCUT2D eigenvalue weighted by Gasteiger charge is -2.18. The summed E-state index contributed by atoms with van der Waals surface area (Å²) < 4.78 is 5.53. The van der Waals surface area contributed by atoms with Crippen LogP contribution in [0.4, 0.5) is 0 Å². The van der Waals surface area contributed by atoms with Gasteiger partial charge in [0.15, 0.2) is 5.75 Å². The summed E-state index contributed by atoms with van der Waals surface area (Å²) in [4.78, 5) is 1.98. The van der Waals surface area contributed by atoms with Gasteiger partial charge in [-0.15, -0.1) is 0 Å². The molecule has 0 radical (unpaired) electrons. The van der Waals surface area contributed by atoms with E-state index in [9.17, 15) is 5.11 Å². The molecule has 0 saturated carbocycles. The lowest BCUT2D eigenvalue weighted by Crippen LogP contribution is -2.30. The molecule has 0 amide bonds. The molecule has 5 heteroatoms. The van der Waals surface area contributed by atoms with Gasteiger partial charge in [-0.05, 0) is 26.1 Å². The molecule has 1 unspecified atom stereocenters. The van der Waals surface area contributed by atoms with Crippen LogP contribution in [0, 0.1) is 0 Å². The molecule has 0 aliphatic carbocycles. The first-order chi connectivity index (χ1) is 8.00. The molecule has 0 aromatic heterocycles. The van der Waals surface area contributed by atoms with Crippen LogP contribution in [0.2, 0.25) is 10.0 Å². The number of para-hydroxylation sites is 1. The highest BCUT2D eigenvalue weighted by atomic mass is 35.5. The molecule has 1 aromatic rings. The third-order valence-corrected chi connectivity index (χ3v) is 2.81. The first kappa shape index (κ1) is 14.6. The Balaban J connectivity index is 2.41. The zero-order valence-electron chi connectivity index (χ0n) is 9.99. The number of ether oxygens (including phenoxy) is 1.